The lowest BCUT2D eigenvalue weighted by atomic mass is 9.95. The topological polar surface area (TPSA) is 53.0 Å². The van der Waals surface area contributed by atoms with Gasteiger partial charge in [-0.25, -0.2) is 0 Å². The molecule has 2 heterocycles. The zero-order chi connectivity index (χ0) is 18.5. The average Bonchev–Trinajstić information content (AvgIpc) is 3.04. The van der Waals surface area contributed by atoms with E-state index in [2.05, 4.69) is 9.64 Å². The number of aliphatic hydroxyl groups is 1. The molecule has 1 N–H and O–H groups in total. The van der Waals surface area contributed by atoms with E-state index in [1.54, 1.807) is 11.0 Å². The molecule has 0 spiro atoms. The van der Waals surface area contributed by atoms with Crippen molar-refractivity contribution in [2.75, 3.05) is 39.3 Å². The van der Waals surface area contributed by atoms with Gasteiger partial charge in [0.15, 0.2) is 0 Å². The fourth-order valence-corrected chi connectivity index (χ4v) is 3.98. The lowest BCUT2D eigenvalue weighted by Crippen LogP contribution is -2.37. The molecule has 0 aromatic heterocycles. The number of amides is 1. The van der Waals surface area contributed by atoms with Gasteiger partial charge in [-0.2, -0.15) is 8.78 Å². The molecule has 0 bridgehead atoms. The largest absolute Gasteiger partial charge is 0.435 e. The van der Waals surface area contributed by atoms with Crippen LogP contribution in [-0.4, -0.2) is 66.8 Å². The second-order valence-electron chi connectivity index (χ2n) is 7.18. The van der Waals surface area contributed by atoms with Gasteiger partial charge in [0.05, 0.1) is 0 Å². The lowest BCUT2D eigenvalue weighted by molar-refractivity contribution is -0.0499. The van der Waals surface area contributed by atoms with Crippen molar-refractivity contribution >= 4 is 5.91 Å². The molecule has 2 saturated heterocycles. The molecule has 144 valence electrons. The summed E-state index contributed by atoms with van der Waals surface area (Å²) in [7, 11) is 0. The molecule has 0 aliphatic carbocycles. The number of rotatable bonds is 6. The highest BCUT2D eigenvalue weighted by atomic mass is 19.3. The molecule has 0 radical (unpaired) electrons. The van der Waals surface area contributed by atoms with Crippen LogP contribution in [0.4, 0.5) is 8.78 Å². The van der Waals surface area contributed by atoms with Gasteiger partial charge in [0.1, 0.15) is 5.75 Å². The Bertz CT molecular complexity index is 608. The molecule has 5 nitrogen and oxygen atoms in total. The number of hydrogen-bond donors (Lipinski definition) is 1. The standard InChI is InChI=1S/C19H26F2N2O3/c20-19(21)26-17-6-4-5-14(9-17)18(25)23-11-15(16(12-23)13-24)10-22-7-2-1-3-8-22/h4-6,9,15-16,19,24H,1-3,7-8,10-13H2/t15-,16-/m1/s1. The van der Waals surface area contributed by atoms with Crippen molar-refractivity contribution in [3.05, 3.63) is 29.8 Å². The van der Waals surface area contributed by atoms with Crippen molar-refractivity contribution in [2.24, 2.45) is 11.8 Å². The van der Waals surface area contributed by atoms with Crippen molar-refractivity contribution in [1.29, 1.82) is 0 Å². The van der Waals surface area contributed by atoms with E-state index in [4.69, 9.17) is 0 Å². The summed E-state index contributed by atoms with van der Waals surface area (Å²) < 4.78 is 29.1. The monoisotopic (exact) mass is 368 g/mol. The Hall–Kier alpha value is -1.73. The van der Waals surface area contributed by atoms with Crippen molar-refractivity contribution in [3.63, 3.8) is 0 Å². The fraction of sp³-hybridized carbons (Fsp3) is 0.632. The Kier molecular flexibility index (Phi) is 6.43. The zero-order valence-corrected chi connectivity index (χ0v) is 14.8. The van der Waals surface area contributed by atoms with Crippen LogP contribution < -0.4 is 4.74 Å². The Morgan fingerprint density at radius 3 is 2.62 bits per heavy atom. The van der Waals surface area contributed by atoms with E-state index in [0.29, 0.717) is 18.7 Å². The Labute approximate surface area is 152 Å². The summed E-state index contributed by atoms with van der Waals surface area (Å²) in [5.41, 5.74) is 0.332. The number of benzene rings is 1. The number of halogens is 2. The maximum atomic E-state index is 12.8. The van der Waals surface area contributed by atoms with E-state index in [1.807, 2.05) is 0 Å². The summed E-state index contributed by atoms with van der Waals surface area (Å²) in [6.45, 7) is 1.26. The van der Waals surface area contributed by atoms with Crippen LogP contribution in [0, 0.1) is 11.8 Å². The van der Waals surface area contributed by atoms with Gasteiger partial charge in [0.25, 0.3) is 5.91 Å². The molecule has 1 amide bonds. The molecule has 7 heteroatoms. The summed E-state index contributed by atoms with van der Waals surface area (Å²) >= 11 is 0. The van der Waals surface area contributed by atoms with Gasteiger partial charge in [-0.3, -0.25) is 4.79 Å². The highest BCUT2D eigenvalue weighted by Crippen LogP contribution is 2.27. The molecule has 3 rings (SSSR count). The quantitative estimate of drug-likeness (QED) is 0.838. The van der Waals surface area contributed by atoms with Crippen molar-refractivity contribution in [3.8, 4) is 5.75 Å². The predicted molar refractivity (Wildman–Crippen MR) is 93.3 cm³/mol. The Morgan fingerprint density at radius 2 is 1.92 bits per heavy atom. The van der Waals surface area contributed by atoms with Crippen molar-refractivity contribution < 1.29 is 23.4 Å². The first kappa shape index (κ1) is 19.0. The molecule has 2 aliphatic rings. The van der Waals surface area contributed by atoms with E-state index in [0.717, 1.165) is 19.6 Å². The van der Waals surface area contributed by atoms with E-state index in [-0.39, 0.29) is 30.1 Å². The maximum Gasteiger partial charge on any atom is 0.387 e. The van der Waals surface area contributed by atoms with Crippen LogP contribution >= 0.6 is 0 Å². The van der Waals surface area contributed by atoms with Gasteiger partial charge >= 0.3 is 6.61 Å². The van der Waals surface area contributed by atoms with E-state index >= 15 is 0 Å². The second kappa shape index (κ2) is 8.77. The fourth-order valence-electron chi connectivity index (χ4n) is 3.98. The summed E-state index contributed by atoms with van der Waals surface area (Å²) in [4.78, 5) is 16.9. The third kappa shape index (κ3) is 4.71. The molecule has 1 aromatic rings. The van der Waals surface area contributed by atoms with Gasteiger partial charge < -0.3 is 19.6 Å². The molecule has 0 saturated carbocycles. The summed E-state index contributed by atoms with van der Waals surface area (Å²) in [6.07, 6.45) is 3.68. The number of nitrogens with zero attached hydrogens (tertiary/aromatic N) is 2. The number of likely N-dealkylation sites (tertiary alicyclic amines) is 2. The summed E-state index contributed by atoms with van der Waals surface area (Å²) in [6, 6.07) is 5.89. The number of piperidine rings is 1. The molecule has 26 heavy (non-hydrogen) atoms. The molecule has 2 atom stereocenters. The molecule has 2 fully saturated rings. The first-order valence-corrected chi connectivity index (χ1v) is 9.24. The van der Waals surface area contributed by atoms with Crippen LogP contribution in [-0.2, 0) is 0 Å². The number of carbonyl (C=O) groups excluding carboxylic acids is 1. The average molecular weight is 368 g/mol. The number of ether oxygens (including phenoxy) is 1. The van der Waals surface area contributed by atoms with E-state index < -0.39 is 6.61 Å². The molecule has 1 aromatic carbocycles. The normalized spacial score (nSPS) is 24.2. The molecule has 0 unspecified atom stereocenters. The van der Waals surface area contributed by atoms with Crippen molar-refractivity contribution in [1.82, 2.24) is 9.80 Å². The van der Waals surface area contributed by atoms with Gasteiger partial charge in [0, 0.05) is 37.7 Å². The van der Waals surface area contributed by atoms with Crippen LogP contribution in [0.5, 0.6) is 5.75 Å². The number of aliphatic hydroxyl groups excluding tert-OH is 1. The number of alkyl halides is 2. The highest BCUT2D eigenvalue weighted by Gasteiger charge is 2.36. The Balaban J connectivity index is 1.64. The van der Waals surface area contributed by atoms with E-state index in [1.165, 1.54) is 37.5 Å². The minimum Gasteiger partial charge on any atom is -0.435 e. The summed E-state index contributed by atoms with van der Waals surface area (Å²) in [5.74, 6) is 0.0712. The minimum absolute atomic E-state index is 0.0198. The first-order chi connectivity index (χ1) is 12.6. The number of hydrogen-bond acceptors (Lipinski definition) is 4. The smallest absolute Gasteiger partial charge is 0.387 e. The van der Waals surface area contributed by atoms with Gasteiger partial charge in [0.2, 0.25) is 0 Å². The molecular weight excluding hydrogens is 342 g/mol. The first-order valence-electron chi connectivity index (χ1n) is 9.24. The van der Waals surface area contributed by atoms with Crippen LogP contribution in [0.1, 0.15) is 29.6 Å². The number of carbonyl (C=O) groups is 1. The van der Waals surface area contributed by atoms with Crippen LogP contribution in [0.3, 0.4) is 0 Å². The summed E-state index contributed by atoms with van der Waals surface area (Å²) in [5, 5.41) is 9.72. The predicted octanol–water partition coefficient (Wildman–Crippen LogP) is 2.45. The minimum atomic E-state index is -2.92. The third-order valence-electron chi connectivity index (χ3n) is 5.35. The maximum absolute atomic E-state index is 12.8. The van der Waals surface area contributed by atoms with Gasteiger partial charge in [-0.1, -0.05) is 12.5 Å². The SMILES string of the molecule is O=C(c1cccc(OC(F)F)c1)N1C[C@@H](CN2CCCCC2)[C@@H](CO)C1. The van der Waals surface area contributed by atoms with Crippen LogP contribution in [0.15, 0.2) is 24.3 Å². The zero-order valence-electron chi connectivity index (χ0n) is 14.8. The second-order valence-corrected chi connectivity index (χ2v) is 7.18. The Morgan fingerprint density at radius 1 is 1.19 bits per heavy atom. The van der Waals surface area contributed by atoms with Crippen molar-refractivity contribution in [2.45, 2.75) is 25.9 Å². The highest BCUT2D eigenvalue weighted by molar-refractivity contribution is 5.94. The van der Waals surface area contributed by atoms with E-state index in [9.17, 15) is 18.7 Å². The van der Waals surface area contributed by atoms with Crippen LogP contribution in [0.2, 0.25) is 0 Å². The lowest BCUT2D eigenvalue weighted by Gasteiger charge is -2.30. The molecular formula is C19H26F2N2O3. The molecule has 2 aliphatic heterocycles. The van der Waals surface area contributed by atoms with Crippen LogP contribution in [0.25, 0.3) is 0 Å². The van der Waals surface area contributed by atoms with Gasteiger partial charge in [-0.05, 0) is 50.0 Å². The van der Waals surface area contributed by atoms with Gasteiger partial charge in [-0.15, -0.1) is 0 Å². The third-order valence-corrected chi connectivity index (χ3v) is 5.35.